The lowest BCUT2D eigenvalue weighted by Crippen LogP contribution is -2.44. The van der Waals surface area contributed by atoms with Crippen LogP contribution in [0, 0.1) is 0 Å². The van der Waals surface area contributed by atoms with Crippen LogP contribution >= 0.6 is 0 Å². The maximum absolute atomic E-state index is 12.3. The number of ether oxygens (including phenoxy) is 1. The molecule has 19 heavy (non-hydrogen) atoms. The van der Waals surface area contributed by atoms with E-state index in [-0.39, 0.29) is 6.04 Å². The molecule has 0 rings (SSSR count). The number of hydrogen-bond acceptors (Lipinski definition) is 3. The molecule has 0 aliphatic rings. The van der Waals surface area contributed by atoms with E-state index in [1.807, 2.05) is 0 Å². The molecule has 0 radical (unpaired) electrons. The van der Waals surface area contributed by atoms with Crippen molar-refractivity contribution in [2.24, 2.45) is 0 Å². The molecular weight excluding hydrogens is 238 g/mol. The first-order valence-electron chi connectivity index (χ1n) is 7.96. The number of ketones is 1. The average Bonchev–Trinajstić information content (AvgIpc) is 2.42. The Kier molecular flexibility index (Phi) is 12.3. The lowest BCUT2D eigenvalue weighted by Gasteiger charge is -2.27. The average molecular weight is 271 g/mol. The summed E-state index contributed by atoms with van der Waals surface area (Å²) in [5.41, 5.74) is 0. The number of nitrogens with zero attached hydrogens (tertiary/aromatic N) is 1. The second kappa shape index (κ2) is 12.6. The lowest BCUT2D eigenvalue weighted by molar-refractivity contribution is -0.126. The molecule has 0 unspecified atom stereocenters. The van der Waals surface area contributed by atoms with Crippen molar-refractivity contribution in [3.05, 3.63) is 0 Å². The van der Waals surface area contributed by atoms with Crippen LogP contribution in [-0.4, -0.2) is 43.5 Å². The van der Waals surface area contributed by atoms with Crippen molar-refractivity contribution < 1.29 is 9.53 Å². The van der Waals surface area contributed by atoms with E-state index in [1.165, 1.54) is 32.1 Å². The second-order valence-electron chi connectivity index (χ2n) is 5.18. The number of unbranched alkanes of at least 4 members (excludes halogenated alkanes) is 5. The molecule has 0 spiro atoms. The van der Waals surface area contributed by atoms with Crippen molar-refractivity contribution in [1.29, 1.82) is 0 Å². The first kappa shape index (κ1) is 18.6. The minimum atomic E-state index is -0.0457. The van der Waals surface area contributed by atoms with Gasteiger partial charge < -0.3 is 4.74 Å². The van der Waals surface area contributed by atoms with E-state index in [4.69, 9.17) is 4.74 Å². The summed E-state index contributed by atoms with van der Waals surface area (Å²) in [5.74, 6) is 0.348. The summed E-state index contributed by atoms with van der Waals surface area (Å²) >= 11 is 0. The Labute approximate surface area is 119 Å². The molecule has 1 atom stereocenters. The summed E-state index contributed by atoms with van der Waals surface area (Å²) in [6.45, 7) is 8.77. The molecule has 3 heteroatoms. The van der Waals surface area contributed by atoms with Crippen LogP contribution in [0.4, 0.5) is 0 Å². The lowest BCUT2D eigenvalue weighted by atomic mass is 10.0. The molecule has 0 heterocycles. The fourth-order valence-electron chi connectivity index (χ4n) is 2.47. The van der Waals surface area contributed by atoms with Gasteiger partial charge in [0, 0.05) is 13.5 Å². The van der Waals surface area contributed by atoms with Gasteiger partial charge in [-0.25, -0.2) is 0 Å². The highest BCUT2D eigenvalue weighted by atomic mass is 16.5. The fourth-order valence-corrected chi connectivity index (χ4v) is 2.47. The number of methoxy groups -OCH3 is 1. The van der Waals surface area contributed by atoms with Crippen LogP contribution in [0.3, 0.4) is 0 Å². The molecule has 0 saturated carbocycles. The van der Waals surface area contributed by atoms with Crippen LogP contribution in [-0.2, 0) is 9.53 Å². The molecule has 3 nitrogen and oxygen atoms in total. The normalized spacial score (nSPS) is 12.9. The third-order valence-corrected chi connectivity index (χ3v) is 3.73. The molecular formula is C16H33NO2. The Bertz CT molecular complexity index is 215. The zero-order valence-electron chi connectivity index (χ0n) is 13.4. The van der Waals surface area contributed by atoms with Gasteiger partial charge in [0.1, 0.15) is 0 Å². The Balaban J connectivity index is 3.97. The van der Waals surface area contributed by atoms with Crippen LogP contribution in [0.25, 0.3) is 0 Å². The van der Waals surface area contributed by atoms with Gasteiger partial charge in [0.25, 0.3) is 0 Å². The van der Waals surface area contributed by atoms with Gasteiger partial charge >= 0.3 is 0 Å². The Morgan fingerprint density at radius 1 is 1.00 bits per heavy atom. The van der Waals surface area contributed by atoms with E-state index in [9.17, 15) is 4.79 Å². The predicted molar refractivity (Wildman–Crippen MR) is 81.6 cm³/mol. The van der Waals surface area contributed by atoms with Crippen LogP contribution < -0.4 is 0 Å². The Hall–Kier alpha value is -0.410. The molecule has 0 saturated heterocycles. The van der Waals surface area contributed by atoms with Crippen LogP contribution in [0.5, 0.6) is 0 Å². The van der Waals surface area contributed by atoms with Crippen molar-refractivity contribution in [1.82, 2.24) is 4.90 Å². The van der Waals surface area contributed by atoms with E-state index < -0.39 is 0 Å². The molecule has 0 aromatic rings. The van der Waals surface area contributed by atoms with Crippen LogP contribution in [0.1, 0.15) is 65.7 Å². The van der Waals surface area contributed by atoms with E-state index in [0.29, 0.717) is 18.8 Å². The second-order valence-corrected chi connectivity index (χ2v) is 5.18. The van der Waals surface area contributed by atoms with Crippen LogP contribution in [0.15, 0.2) is 0 Å². The first-order valence-corrected chi connectivity index (χ1v) is 7.96. The minimum Gasteiger partial charge on any atom is -0.383 e. The Morgan fingerprint density at radius 2 is 1.58 bits per heavy atom. The zero-order chi connectivity index (χ0) is 14.5. The first-order chi connectivity index (χ1) is 9.21. The third-order valence-electron chi connectivity index (χ3n) is 3.73. The summed E-state index contributed by atoms with van der Waals surface area (Å²) in [6.07, 6.45) is 8.09. The SMILES string of the molecule is CCCCCCCCC(=O)[C@@H](COC)N(CC)CC. The molecule has 0 aromatic carbocycles. The summed E-state index contributed by atoms with van der Waals surface area (Å²) < 4.78 is 5.21. The van der Waals surface area contributed by atoms with E-state index in [0.717, 1.165) is 19.5 Å². The van der Waals surface area contributed by atoms with Crippen molar-refractivity contribution in [3.8, 4) is 0 Å². The van der Waals surface area contributed by atoms with Gasteiger partial charge in [0.15, 0.2) is 5.78 Å². The van der Waals surface area contributed by atoms with Crippen molar-refractivity contribution in [3.63, 3.8) is 0 Å². The third kappa shape index (κ3) is 8.38. The van der Waals surface area contributed by atoms with E-state index in [1.54, 1.807) is 7.11 Å². The molecule has 0 aliphatic carbocycles. The van der Waals surface area contributed by atoms with Crippen molar-refractivity contribution in [2.75, 3.05) is 26.8 Å². The Morgan fingerprint density at radius 3 is 2.11 bits per heavy atom. The number of hydrogen-bond donors (Lipinski definition) is 0. The molecule has 0 aromatic heterocycles. The monoisotopic (exact) mass is 271 g/mol. The van der Waals surface area contributed by atoms with Gasteiger partial charge in [-0.1, -0.05) is 52.9 Å². The highest BCUT2D eigenvalue weighted by molar-refractivity contribution is 5.84. The number of carbonyl (C=O) groups excluding carboxylic acids is 1. The number of Topliss-reactive ketones (excluding diaryl/α,β-unsaturated/α-hetero) is 1. The standard InChI is InChI=1S/C16H33NO2/c1-5-8-9-10-11-12-13-16(18)15(14-19-4)17(6-2)7-3/h15H,5-14H2,1-4H3/t15-/m1/s1. The highest BCUT2D eigenvalue weighted by Gasteiger charge is 2.22. The predicted octanol–water partition coefficient (Wildman–Crippen LogP) is 3.66. The summed E-state index contributed by atoms with van der Waals surface area (Å²) in [6, 6.07) is -0.0457. The minimum absolute atomic E-state index is 0.0457. The van der Waals surface area contributed by atoms with E-state index >= 15 is 0 Å². The van der Waals surface area contributed by atoms with E-state index in [2.05, 4.69) is 25.7 Å². The van der Waals surface area contributed by atoms with Gasteiger partial charge in [0.2, 0.25) is 0 Å². The van der Waals surface area contributed by atoms with Gasteiger partial charge in [-0.2, -0.15) is 0 Å². The largest absolute Gasteiger partial charge is 0.383 e. The van der Waals surface area contributed by atoms with Gasteiger partial charge in [-0.05, 0) is 19.5 Å². The molecule has 0 amide bonds. The van der Waals surface area contributed by atoms with Gasteiger partial charge in [0.05, 0.1) is 12.6 Å². The summed E-state index contributed by atoms with van der Waals surface area (Å²) in [7, 11) is 1.68. The molecule has 0 bridgehead atoms. The van der Waals surface area contributed by atoms with Crippen molar-refractivity contribution in [2.45, 2.75) is 71.8 Å². The number of rotatable bonds is 13. The molecule has 0 N–H and O–H groups in total. The molecule has 114 valence electrons. The maximum Gasteiger partial charge on any atom is 0.152 e. The molecule has 0 aliphatic heterocycles. The number of likely N-dealkylation sites (N-methyl/N-ethyl adjacent to an activating group) is 1. The smallest absolute Gasteiger partial charge is 0.152 e. The van der Waals surface area contributed by atoms with Gasteiger partial charge in [-0.3, -0.25) is 9.69 Å². The summed E-state index contributed by atoms with van der Waals surface area (Å²) in [4.78, 5) is 14.5. The highest BCUT2D eigenvalue weighted by Crippen LogP contribution is 2.11. The van der Waals surface area contributed by atoms with Crippen LogP contribution in [0.2, 0.25) is 0 Å². The maximum atomic E-state index is 12.3. The topological polar surface area (TPSA) is 29.5 Å². The van der Waals surface area contributed by atoms with Gasteiger partial charge in [-0.15, -0.1) is 0 Å². The summed E-state index contributed by atoms with van der Waals surface area (Å²) in [5, 5.41) is 0. The fraction of sp³-hybridized carbons (Fsp3) is 0.938. The quantitative estimate of drug-likeness (QED) is 0.479. The van der Waals surface area contributed by atoms with Crippen molar-refractivity contribution >= 4 is 5.78 Å². The number of carbonyl (C=O) groups is 1. The zero-order valence-corrected chi connectivity index (χ0v) is 13.4. The molecule has 0 fully saturated rings.